The molecule has 0 heterocycles. The monoisotopic (exact) mass is 229 g/mol. The summed E-state index contributed by atoms with van der Waals surface area (Å²) in [5.74, 6) is 1.92. The van der Waals surface area contributed by atoms with E-state index in [9.17, 15) is 4.39 Å². The van der Waals surface area contributed by atoms with E-state index in [1.165, 1.54) is 6.07 Å². The first-order valence-corrected chi connectivity index (χ1v) is 6.15. The van der Waals surface area contributed by atoms with E-state index in [0.717, 1.165) is 17.9 Å². The highest BCUT2D eigenvalue weighted by molar-refractivity contribution is 7.99. The van der Waals surface area contributed by atoms with Gasteiger partial charge in [0.05, 0.1) is 12.3 Å². The zero-order chi connectivity index (χ0) is 11.1. The molecule has 1 rings (SSSR count). The number of hydrogen-bond donors (Lipinski definition) is 1. The summed E-state index contributed by atoms with van der Waals surface area (Å²) in [6.45, 7) is 2.62. The summed E-state index contributed by atoms with van der Waals surface area (Å²) in [6.07, 6.45) is 0.909. The fourth-order valence-corrected chi connectivity index (χ4v) is 1.77. The number of nitrogen functional groups attached to an aromatic ring is 1. The minimum atomic E-state index is -0.391. The molecule has 4 heteroatoms. The molecule has 0 unspecified atom stereocenters. The fourth-order valence-electron chi connectivity index (χ4n) is 1.16. The molecule has 2 N–H and O–H groups in total. The molecule has 0 fully saturated rings. The predicted octanol–water partition coefficient (Wildman–Crippen LogP) is 2.93. The van der Waals surface area contributed by atoms with Crippen LogP contribution in [0.25, 0.3) is 0 Å². The van der Waals surface area contributed by atoms with E-state index in [0.29, 0.717) is 12.3 Å². The van der Waals surface area contributed by atoms with Crippen molar-refractivity contribution in [2.24, 2.45) is 0 Å². The molecule has 0 aliphatic carbocycles. The van der Waals surface area contributed by atoms with Crippen LogP contribution in [-0.2, 0) is 0 Å². The van der Waals surface area contributed by atoms with Crippen molar-refractivity contribution in [2.45, 2.75) is 13.3 Å². The van der Waals surface area contributed by atoms with E-state index in [1.54, 1.807) is 12.1 Å². The molecule has 2 nitrogen and oxygen atoms in total. The fraction of sp³-hybridized carbons (Fsp3) is 0.455. The average Bonchev–Trinajstić information content (AvgIpc) is 2.21. The molecule has 0 spiro atoms. The van der Waals surface area contributed by atoms with Gasteiger partial charge in [0.2, 0.25) is 0 Å². The van der Waals surface area contributed by atoms with Crippen molar-refractivity contribution in [1.82, 2.24) is 0 Å². The third-order valence-corrected chi connectivity index (χ3v) is 2.87. The number of para-hydroxylation sites is 1. The van der Waals surface area contributed by atoms with E-state index in [-0.39, 0.29) is 5.75 Å². The standard InChI is InChI=1S/C11H16FNOS/c1-2-15-8-4-7-14-11-9(12)5-3-6-10(11)13/h3,5-6H,2,4,7-8,13H2,1H3. The SMILES string of the molecule is CCSCCCOc1c(N)cccc1F. The van der Waals surface area contributed by atoms with Gasteiger partial charge < -0.3 is 10.5 Å². The van der Waals surface area contributed by atoms with E-state index in [4.69, 9.17) is 10.5 Å². The molecule has 0 aliphatic heterocycles. The van der Waals surface area contributed by atoms with Crippen LogP contribution >= 0.6 is 11.8 Å². The average molecular weight is 229 g/mol. The summed E-state index contributed by atoms with van der Waals surface area (Å²) >= 11 is 1.85. The third kappa shape index (κ3) is 4.00. The van der Waals surface area contributed by atoms with Gasteiger partial charge in [-0.1, -0.05) is 13.0 Å². The predicted molar refractivity (Wildman–Crippen MR) is 63.9 cm³/mol. The zero-order valence-corrected chi connectivity index (χ0v) is 9.65. The molecule has 0 bridgehead atoms. The minimum Gasteiger partial charge on any atom is -0.488 e. The van der Waals surface area contributed by atoms with Crippen molar-refractivity contribution < 1.29 is 9.13 Å². The topological polar surface area (TPSA) is 35.2 Å². The lowest BCUT2D eigenvalue weighted by atomic mass is 10.3. The second-order valence-electron chi connectivity index (χ2n) is 3.06. The molecular weight excluding hydrogens is 213 g/mol. The Labute approximate surface area is 94.0 Å². The van der Waals surface area contributed by atoms with Crippen LogP contribution < -0.4 is 10.5 Å². The first kappa shape index (κ1) is 12.2. The molecule has 0 saturated carbocycles. The van der Waals surface area contributed by atoms with Crippen molar-refractivity contribution in [2.75, 3.05) is 23.8 Å². The number of benzene rings is 1. The van der Waals surface area contributed by atoms with E-state index in [2.05, 4.69) is 6.92 Å². The Hall–Kier alpha value is -0.900. The maximum atomic E-state index is 13.2. The van der Waals surface area contributed by atoms with Gasteiger partial charge in [0.1, 0.15) is 0 Å². The van der Waals surface area contributed by atoms with Crippen LogP contribution in [0.15, 0.2) is 18.2 Å². The first-order valence-electron chi connectivity index (χ1n) is 5.00. The quantitative estimate of drug-likeness (QED) is 0.601. The molecule has 1 aromatic rings. The summed E-state index contributed by atoms with van der Waals surface area (Å²) in [7, 11) is 0. The number of halogens is 1. The number of rotatable bonds is 6. The molecular formula is C11H16FNOS. The smallest absolute Gasteiger partial charge is 0.177 e. The minimum absolute atomic E-state index is 0.180. The highest BCUT2D eigenvalue weighted by Gasteiger charge is 2.06. The number of hydrogen-bond acceptors (Lipinski definition) is 3. The van der Waals surface area contributed by atoms with Gasteiger partial charge in [0.15, 0.2) is 11.6 Å². The maximum Gasteiger partial charge on any atom is 0.177 e. The summed E-state index contributed by atoms with van der Waals surface area (Å²) in [6, 6.07) is 4.57. The lowest BCUT2D eigenvalue weighted by Crippen LogP contribution is -2.03. The van der Waals surface area contributed by atoms with E-state index in [1.807, 2.05) is 11.8 Å². The van der Waals surface area contributed by atoms with Crippen LogP contribution in [-0.4, -0.2) is 18.1 Å². The number of anilines is 1. The normalized spacial score (nSPS) is 10.3. The van der Waals surface area contributed by atoms with E-state index >= 15 is 0 Å². The van der Waals surface area contributed by atoms with Crippen LogP contribution in [0.4, 0.5) is 10.1 Å². The molecule has 84 valence electrons. The lowest BCUT2D eigenvalue weighted by Gasteiger charge is -2.09. The second kappa shape index (κ2) is 6.56. The largest absolute Gasteiger partial charge is 0.488 e. The summed E-state index contributed by atoms with van der Waals surface area (Å²) < 4.78 is 18.5. The van der Waals surface area contributed by atoms with Crippen molar-refractivity contribution >= 4 is 17.4 Å². The molecule has 0 radical (unpaired) electrons. The molecule has 0 aromatic heterocycles. The summed E-state index contributed by atoms with van der Waals surface area (Å²) in [4.78, 5) is 0. The number of nitrogens with two attached hydrogens (primary N) is 1. The zero-order valence-electron chi connectivity index (χ0n) is 8.83. The van der Waals surface area contributed by atoms with Crippen molar-refractivity contribution in [3.63, 3.8) is 0 Å². The molecule has 0 atom stereocenters. The van der Waals surface area contributed by atoms with Crippen LogP contribution in [0.1, 0.15) is 13.3 Å². The van der Waals surface area contributed by atoms with Gasteiger partial charge >= 0.3 is 0 Å². The highest BCUT2D eigenvalue weighted by atomic mass is 32.2. The van der Waals surface area contributed by atoms with Gasteiger partial charge in [-0.05, 0) is 30.1 Å². The van der Waals surface area contributed by atoms with Crippen LogP contribution in [0.2, 0.25) is 0 Å². The van der Waals surface area contributed by atoms with Crippen molar-refractivity contribution in [3.8, 4) is 5.75 Å². The Morgan fingerprint density at radius 1 is 1.47 bits per heavy atom. The summed E-state index contributed by atoms with van der Waals surface area (Å²) in [5, 5.41) is 0. The van der Waals surface area contributed by atoms with Gasteiger partial charge in [-0.3, -0.25) is 0 Å². The van der Waals surface area contributed by atoms with E-state index < -0.39 is 5.82 Å². The molecule has 0 aliphatic rings. The van der Waals surface area contributed by atoms with Crippen LogP contribution in [0.3, 0.4) is 0 Å². The van der Waals surface area contributed by atoms with Crippen molar-refractivity contribution in [3.05, 3.63) is 24.0 Å². The number of thioether (sulfide) groups is 1. The molecule has 0 saturated heterocycles. The van der Waals surface area contributed by atoms with Gasteiger partial charge in [0, 0.05) is 0 Å². The Bertz CT molecular complexity index is 286. The highest BCUT2D eigenvalue weighted by Crippen LogP contribution is 2.24. The van der Waals surface area contributed by atoms with Crippen LogP contribution in [0, 0.1) is 5.82 Å². The van der Waals surface area contributed by atoms with Gasteiger partial charge in [-0.15, -0.1) is 0 Å². The molecule has 1 aromatic carbocycles. The Balaban J connectivity index is 2.37. The molecule has 0 amide bonds. The molecule has 15 heavy (non-hydrogen) atoms. The van der Waals surface area contributed by atoms with Crippen molar-refractivity contribution in [1.29, 1.82) is 0 Å². The Morgan fingerprint density at radius 2 is 2.27 bits per heavy atom. The maximum absolute atomic E-state index is 13.2. The van der Waals surface area contributed by atoms with Gasteiger partial charge in [-0.2, -0.15) is 11.8 Å². The van der Waals surface area contributed by atoms with Gasteiger partial charge in [0.25, 0.3) is 0 Å². The third-order valence-electron chi connectivity index (χ3n) is 1.88. The lowest BCUT2D eigenvalue weighted by molar-refractivity contribution is 0.304. The summed E-state index contributed by atoms with van der Waals surface area (Å²) in [5.41, 5.74) is 5.95. The first-order chi connectivity index (χ1) is 7.25. The van der Waals surface area contributed by atoms with Crippen LogP contribution in [0.5, 0.6) is 5.75 Å². The number of ether oxygens (including phenoxy) is 1. The Morgan fingerprint density at radius 3 is 2.93 bits per heavy atom. The van der Waals surface area contributed by atoms with Gasteiger partial charge in [-0.25, -0.2) is 4.39 Å². The second-order valence-corrected chi connectivity index (χ2v) is 4.45. The Kier molecular flexibility index (Phi) is 5.32.